The van der Waals surface area contributed by atoms with E-state index in [1.54, 1.807) is 46.2 Å². The molecule has 0 radical (unpaired) electrons. The number of aryl methyl sites for hydroxylation is 1. The second-order valence-electron chi connectivity index (χ2n) is 7.91. The van der Waals surface area contributed by atoms with Crippen molar-refractivity contribution in [2.24, 2.45) is 0 Å². The molecule has 1 aliphatic heterocycles. The van der Waals surface area contributed by atoms with Crippen LogP contribution in [0.3, 0.4) is 0 Å². The van der Waals surface area contributed by atoms with Crippen LogP contribution in [0, 0.1) is 0 Å². The number of benzene rings is 1. The van der Waals surface area contributed by atoms with Crippen LogP contribution in [-0.2, 0) is 11.2 Å². The molecule has 8 nitrogen and oxygen atoms in total. The van der Waals surface area contributed by atoms with Gasteiger partial charge in [-0.2, -0.15) is 0 Å². The van der Waals surface area contributed by atoms with Gasteiger partial charge in [-0.15, -0.1) is 16.4 Å². The van der Waals surface area contributed by atoms with Crippen molar-refractivity contribution in [3.8, 4) is 11.4 Å². The quantitative estimate of drug-likeness (QED) is 0.362. The fourth-order valence-electron chi connectivity index (χ4n) is 3.97. The third-order valence-corrected chi connectivity index (χ3v) is 6.94. The SMILES string of the molecule is O=C(CCc1cn(-c2ccc(-n3ccccc3=O)cc2N2CCCC2=O)nn1)c1ccc(Cl)s1. The second-order valence-corrected chi connectivity index (χ2v) is 9.63. The van der Waals surface area contributed by atoms with Crippen LogP contribution >= 0.6 is 22.9 Å². The molecule has 1 fully saturated rings. The van der Waals surface area contributed by atoms with Gasteiger partial charge in [0.25, 0.3) is 5.56 Å². The minimum atomic E-state index is -0.159. The van der Waals surface area contributed by atoms with Gasteiger partial charge in [-0.1, -0.05) is 22.9 Å². The first-order valence-corrected chi connectivity index (χ1v) is 12.0. The maximum absolute atomic E-state index is 12.6. The molecule has 0 saturated carbocycles. The van der Waals surface area contributed by atoms with Gasteiger partial charge < -0.3 is 4.90 Å². The minimum absolute atomic E-state index is 0.00691. The summed E-state index contributed by atoms with van der Waals surface area (Å²) in [6, 6.07) is 13.9. The Labute approximate surface area is 204 Å². The molecule has 0 aliphatic carbocycles. The molecule has 5 rings (SSSR count). The third kappa shape index (κ3) is 4.44. The molecule has 10 heteroatoms. The van der Waals surface area contributed by atoms with Crippen LogP contribution < -0.4 is 10.5 Å². The first kappa shape index (κ1) is 22.2. The van der Waals surface area contributed by atoms with Crippen molar-refractivity contribution in [3.05, 3.63) is 86.2 Å². The summed E-state index contributed by atoms with van der Waals surface area (Å²) < 4.78 is 3.73. The zero-order valence-electron chi connectivity index (χ0n) is 18.1. The average molecular weight is 494 g/mol. The van der Waals surface area contributed by atoms with E-state index < -0.39 is 0 Å². The summed E-state index contributed by atoms with van der Waals surface area (Å²) in [5, 5.41) is 8.47. The van der Waals surface area contributed by atoms with Crippen LogP contribution in [0.5, 0.6) is 0 Å². The highest BCUT2D eigenvalue weighted by molar-refractivity contribution is 7.18. The Morgan fingerprint density at radius 2 is 1.97 bits per heavy atom. The molecule has 0 bridgehead atoms. The first-order chi connectivity index (χ1) is 16.5. The summed E-state index contributed by atoms with van der Waals surface area (Å²) in [4.78, 5) is 39.6. The average Bonchev–Trinajstić information content (AvgIpc) is 3.59. The molecular formula is C24H20ClN5O3S. The molecule has 1 amide bonds. The van der Waals surface area contributed by atoms with E-state index in [-0.39, 0.29) is 17.2 Å². The number of thiophene rings is 1. The Bertz CT molecular complexity index is 1440. The largest absolute Gasteiger partial charge is 0.310 e. The normalized spacial score (nSPS) is 13.6. The summed E-state index contributed by atoms with van der Waals surface area (Å²) in [6.45, 7) is 0.596. The number of amides is 1. The van der Waals surface area contributed by atoms with Crippen molar-refractivity contribution in [1.82, 2.24) is 19.6 Å². The molecule has 1 aliphatic rings. The highest BCUT2D eigenvalue weighted by Gasteiger charge is 2.25. The lowest BCUT2D eigenvalue weighted by atomic mass is 10.1. The molecule has 4 heterocycles. The lowest BCUT2D eigenvalue weighted by Gasteiger charge is -2.21. The number of Topliss-reactive ketones (excluding diaryl/α,β-unsaturated/α-hetero) is 1. The molecule has 1 aromatic carbocycles. The maximum atomic E-state index is 12.6. The summed E-state index contributed by atoms with van der Waals surface area (Å²) in [5.41, 5.74) is 2.51. The number of nitrogens with zero attached hydrogens (tertiary/aromatic N) is 5. The summed E-state index contributed by atoms with van der Waals surface area (Å²) >= 11 is 7.19. The first-order valence-electron chi connectivity index (χ1n) is 10.8. The Hall–Kier alpha value is -3.56. The number of hydrogen-bond donors (Lipinski definition) is 0. The van der Waals surface area contributed by atoms with Gasteiger partial charge in [0.2, 0.25) is 5.91 Å². The van der Waals surface area contributed by atoms with E-state index in [1.165, 1.54) is 22.0 Å². The van der Waals surface area contributed by atoms with Gasteiger partial charge in [0.05, 0.1) is 38.2 Å². The number of halogens is 1. The molecular weight excluding hydrogens is 474 g/mol. The van der Waals surface area contributed by atoms with E-state index in [0.29, 0.717) is 57.8 Å². The Kier molecular flexibility index (Phi) is 6.12. The fraction of sp³-hybridized carbons (Fsp3) is 0.208. The fourth-order valence-corrected chi connectivity index (χ4v) is 4.99. The number of ketones is 1. The summed E-state index contributed by atoms with van der Waals surface area (Å²) in [5.74, 6) is 0.0341. The summed E-state index contributed by atoms with van der Waals surface area (Å²) in [7, 11) is 0. The van der Waals surface area contributed by atoms with Crippen LogP contribution in [0.25, 0.3) is 11.4 Å². The zero-order chi connectivity index (χ0) is 23.7. The van der Waals surface area contributed by atoms with Crippen molar-refractivity contribution in [2.45, 2.75) is 25.7 Å². The van der Waals surface area contributed by atoms with Crippen molar-refractivity contribution >= 4 is 40.3 Å². The van der Waals surface area contributed by atoms with Crippen molar-refractivity contribution < 1.29 is 9.59 Å². The predicted molar refractivity (Wildman–Crippen MR) is 131 cm³/mol. The van der Waals surface area contributed by atoms with Gasteiger partial charge in [-0.25, -0.2) is 4.68 Å². The summed E-state index contributed by atoms with van der Waals surface area (Å²) in [6.07, 6.45) is 5.44. The lowest BCUT2D eigenvalue weighted by molar-refractivity contribution is -0.117. The van der Waals surface area contributed by atoms with Crippen molar-refractivity contribution in [3.63, 3.8) is 0 Å². The molecule has 1 saturated heterocycles. The van der Waals surface area contributed by atoms with Gasteiger partial charge in [0, 0.05) is 38.1 Å². The second kappa shape index (κ2) is 9.36. The molecule has 4 aromatic rings. The van der Waals surface area contributed by atoms with E-state index in [0.717, 1.165) is 6.42 Å². The lowest BCUT2D eigenvalue weighted by Crippen LogP contribution is -2.26. The van der Waals surface area contributed by atoms with Crippen LogP contribution in [0.15, 0.2) is 65.7 Å². The Morgan fingerprint density at radius 1 is 1.09 bits per heavy atom. The van der Waals surface area contributed by atoms with Gasteiger partial charge in [0.1, 0.15) is 0 Å². The van der Waals surface area contributed by atoms with E-state index in [4.69, 9.17) is 11.6 Å². The maximum Gasteiger partial charge on any atom is 0.255 e. The number of carbonyl (C=O) groups is 2. The van der Waals surface area contributed by atoms with E-state index in [1.807, 2.05) is 18.2 Å². The van der Waals surface area contributed by atoms with E-state index in [2.05, 4.69) is 10.3 Å². The number of rotatable bonds is 7. The molecule has 0 spiro atoms. The predicted octanol–water partition coefficient (Wildman–Crippen LogP) is 4.08. The van der Waals surface area contributed by atoms with E-state index in [9.17, 15) is 14.4 Å². The van der Waals surface area contributed by atoms with Crippen LogP contribution in [0.4, 0.5) is 5.69 Å². The van der Waals surface area contributed by atoms with Crippen molar-refractivity contribution in [2.75, 3.05) is 11.4 Å². The zero-order valence-corrected chi connectivity index (χ0v) is 19.6. The standard InChI is InChI=1S/C24H20ClN5O3S/c25-22-11-10-21(34-22)20(31)9-6-16-15-30(27-26-16)18-8-7-17(28-12-2-1-4-23(28)32)14-19(18)29-13-3-5-24(29)33/h1-2,4,7-8,10-12,14-15H,3,5-6,9,13H2. The Morgan fingerprint density at radius 3 is 2.71 bits per heavy atom. The molecule has 0 unspecified atom stereocenters. The Balaban J connectivity index is 1.44. The van der Waals surface area contributed by atoms with Crippen LogP contribution in [0.1, 0.15) is 34.6 Å². The van der Waals surface area contributed by atoms with Gasteiger partial charge in [-0.05, 0) is 42.8 Å². The monoisotopic (exact) mass is 493 g/mol. The van der Waals surface area contributed by atoms with Gasteiger partial charge in [0.15, 0.2) is 5.78 Å². The van der Waals surface area contributed by atoms with Gasteiger partial charge in [-0.3, -0.25) is 19.0 Å². The topological polar surface area (TPSA) is 90.1 Å². The molecule has 172 valence electrons. The minimum Gasteiger partial charge on any atom is -0.310 e. The van der Waals surface area contributed by atoms with Crippen LogP contribution in [0.2, 0.25) is 4.34 Å². The number of carbonyl (C=O) groups excluding carboxylic acids is 2. The van der Waals surface area contributed by atoms with E-state index >= 15 is 0 Å². The molecule has 0 N–H and O–H groups in total. The van der Waals surface area contributed by atoms with Crippen molar-refractivity contribution in [1.29, 1.82) is 0 Å². The smallest absolute Gasteiger partial charge is 0.255 e. The highest BCUT2D eigenvalue weighted by atomic mass is 35.5. The number of pyridine rings is 1. The number of hydrogen-bond acceptors (Lipinski definition) is 6. The number of aromatic nitrogens is 4. The molecule has 3 aromatic heterocycles. The highest BCUT2D eigenvalue weighted by Crippen LogP contribution is 2.30. The number of anilines is 1. The van der Waals surface area contributed by atoms with Gasteiger partial charge >= 0.3 is 0 Å². The molecule has 34 heavy (non-hydrogen) atoms. The van der Waals surface area contributed by atoms with Crippen LogP contribution in [-0.4, -0.2) is 37.8 Å². The molecule has 0 atom stereocenters. The third-order valence-electron chi connectivity index (χ3n) is 5.67.